The lowest BCUT2D eigenvalue weighted by Gasteiger charge is -2.19. The first-order valence-corrected chi connectivity index (χ1v) is 15.3. The predicted octanol–water partition coefficient (Wildman–Crippen LogP) is 5.57. The number of nitrogens with zero attached hydrogens (tertiary/aromatic N) is 6. The number of rotatable bonds is 5. The minimum Gasteiger partial charge on any atom is -0.444 e. The Hall–Kier alpha value is -4.03. The van der Waals surface area contributed by atoms with E-state index in [2.05, 4.69) is 20.3 Å². The summed E-state index contributed by atoms with van der Waals surface area (Å²) in [5, 5.41) is 21.6. The van der Waals surface area contributed by atoms with Crippen molar-refractivity contribution < 1.29 is 28.2 Å². The number of benzene rings is 1. The molecule has 2 aliphatic heterocycles. The van der Waals surface area contributed by atoms with Gasteiger partial charge in [-0.05, 0) is 58.8 Å². The van der Waals surface area contributed by atoms with Gasteiger partial charge in [0.05, 0.1) is 42.0 Å². The van der Waals surface area contributed by atoms with Gasteiger partial charge in [0.25, 0.3) is 0 Å². The van der Waals surface area contributed by atoms with Gasteiger partial charge >= 0.3 is 6.09 Å². The van der Waals surface area contributed by atoms with E-state index in [0.29, 0.717) is 16.9 Å². The lowest BCUT2D eigenvalue weighted by Crippen LogP contribution is -2.27. The van der Waals surface area contributed by atoms with Crippen LogP contribution < -0.4 is 10.2 Å². The van der Waals surface area contributed by atoms with Crippen LogP contribution >= 0.6 is 11.3 Å². The summed E-state index contributed by atoms with van der Waals surface area (Å²) in [5.41, 5.74) is 0.768. The minimum absolute atomic E-state index is 0.0320. The third-order valence-electron chi connectivity index (χ3n) is 7.26. The van der Waals surface area contributed by atoms with Gasteiger partial charge in [-0.1, -0.05) is 0 Å². The number of halogens is 2. The number of hydrogen-bond donors (Lipinski definition) is 2. The molecule has 0 saturated carbocycles. The van der Waals surface area contributed by atoms with Crippen molar-refractivity contribution in [3.8, 4) is 17.3 Å². The van der Waals surface area contributed by atoms with Crippen molar-refractivity contribution in [1.29, 1.82) is 5.26 Å². The van der Waals surface area contributed by atoms with Crippen LogP contribution in [-0.4, -0.2) is 77.0 Å². The number of carbonyl (C=O) groups excluding carboxylic acids is 1. The molecular weight excluding hydrogens is 604 g/mol. The molecule has 0 bridgehead atoms. The number of nitrogens with one attached hydrogen (secondary N) is 1. The second kappa shape index (κ2) is 13.1. The van der Waals surface area contributed by atoms with E-state index in [-0.39, 0.29) is 57.2 Å². The lowest BCUT2D eigenvalue weighted by molar-refractivity contribution is 0.0636. The Bertz CT molecular complexity index is 1790. The number of aliphatic hydroxyl groups is 1. The maximum Gasteiger partial charge on any atom is 0.412 e. The van der Waals surface area contributed by atoms with Crippen LogP contribution in [0.4, 0.5) is 24.5 Å². The van der Waals surface area contributed by atoms with Gasteiger partial charge in [0.15, 0.2) is 11.6 Å². The minimum atomic E-state index is -0.794. The summed E-state index contributed by atoms with van der Waals surface area (Å²) in [5.74, 6) is -0.896. The topological polar surface area (TPSA) is 137 Å². The number of pyridine rings is 1. The van der Waals surface area contributed by atoms with E-state index in [1.54, 1.807) is 27.0 Å². The zero-order chi connectivity index (χ0) is 32.5. The maximum absolute atomic E-state index is 16.5. The molecule has 14 heteroatoms. The molecule has 5 heterocycles. The summed E-state index contributed by atoms with van der Waals surface area (Å²) in [6, 6.07) is 2.04. The van der Waals surface area contributed by atoms with E-state index in [1.165, 1.54) is 0 Å². The normalized spacial score (nSPS) is 14.4. The zero-order valence-corrected chi connectivity index (χ0v) is 26.6. The summed E-state index contributed by atoms with van der Waals surface area (Å²) in [6.45, 7) is 8.06. The Morgan fingerprint density at radius 2 is 1.91 bits per heavy atom. The van der Waals surface area contributed by atoms with Gasteiger partial charge in [-0.25, -0.2) is 23.5 Å². The number of anilines is 2. The fourth-order valence-corrected chi connectivity index (χ4v) is 6.31. The molecule has 11 nitrogen and oxygen atoms in total. The van der Waals surface area contributed by atoms with E-state index in [1.807, 2.05) is 30.0 Å². The van der Waals surface area contributed by atoms with E-state index in [4.69, 9.17) is 14.6 Å². The second-order valence-electron chi connectivity index (χ2n) is 12.0. The summed E-state index contributed by atoms with van der Waals surface area (Å²) in [4.78, 5) is 29.8. The van der Waals surface area contributed by atoms with Crippen LogP contribution in [0.5, 0.6) is 0 Å². The summed E-state index contributed by atoms with van der Waals surface area (Å²) < 4.78 is 42.6. The Morgan fingerprint density at radius 3 is 2.53 bits per heavy atom. The molecule has 45 heavy (non-hydrogen) atoms. The molecular formula is C31H35F2N7O4S. The van der Waals surface area contributed by atoms with Crippen LogP contribution in [0, 0.1) is 23.0 Å². The zero-order valence-electron chi connectivity index (χ0n) is 25.8. The average molecular weight is 640 g/mol. The van der Waals surface area contributed by atoms with E-state index in [0.717, 1.165) is 55.6 Å². The van der Waals surface area contributed by atoms with E-state index < -0.39 is 23.3 Å². The maximum atomic E-state index is 16.5. The third kappa shape index (κ3) is 6.67. The van der Waals surface area contributed by atoms with E-state index >= 15 is 8.78 Å². The van der Waals surface area contributed by atoms with Crippen molar-refractivity contribution in [1.82, 2.24) is 19.9 Å². The van der Waals surface area contributed by atoms with Crippen molar-refractivity contribution in [3.05, 3.63) is 40.7 Å². The molecule has 238 valence electrons. The molecule has 1 amide bonds. The first-order chi connectivity index (χ1) is 21.4. The van der Waals surface area contributed by atoms with Gasteiger partial charge in [-0.2, -0.15) is 5.26 Å². The van der Waals surface area contributed by atoms with Gasteiger partial charge < -0.3 is 24.4 Å². The molecule has 0 spiro atoms. The van der Waals surface area contributed by atoms with E-state index in [9.17, 15) is 10.1 Å². The highest BCUT2D eigenvalue weighted by atomic mass is 32.1. The fourth-order valence-electron chi connectivity index (χ4n) is 5.27. The molecule has 0 unspecified atom stereocenters. The van der Waals surface area contributed by atoms with Crippen LogP contribution in [0.3, 0.4) is 0 Å². The van der Waals surface area contributed by atoms with Crippen LogP contribution in [-0.2, 0) is 22.7 Å². The number of thiophene rings is 1. The number of aromatic nitrogens is 3. The van der Waals surface area contributed by atoms with Crippen molar-refractivity contribution >= 4 is 49.4 Å². The van der Waals surface area contributed by atoms with Crippen LogP contribution in [0.2, 0.25) is 0 Å². The number of carbonyl (C=O) groups is 1. The smallest absolute Gasteiger partial charge is 0.412 e. The van der Waals surface area contributed by atoms with Crippen molar-refractivity contribution in [2.24, 2.45) is 0 Å². The van der Waals surface area contributed by atoms with Crippen LogP contribution in [0.15, 0.2) is 12.4 Å². The molecule has 2 N–H and O–H groups in total. The quantitative estimate of drug-likeness (QED) is 0.285. The molecule has 0 atom stereocenters. The summed E-state index contributed by atoms with van der Waals surface area (Å²) in [6.07, 6.45) is 3.85. The van der Waals surface area contributed by atoms with Crippen molar-refractivity contribution in [2.75, 3.05) is 50.6 Å². The lowest BCUT2D eigenvalue weighted by atomic mass is 9.94. The largest absolute Gasteiger partial charge is 0.444 e. The Balaban J connectivity index is 0.000000609. The summed E-state index contributed by atoms with van der Waals surface area (Å²) >= 11 is 0.865. The average Bonchev–Trinajstić information content (AvgIpc) is 3.74. The number of fused-ring (bicyclic) bond motifs is 4. The Kier molecular flexibility index (Phi) is 9.45. The van der Waals surface area contributed by atoms with Gasteiger partial charge in [0, 0.05) is 42.2 Å². The first-order valence-electron chi connectivity index (χ1n) is 14.5. The SMILES string of the molecule is CC(C)(C)OC(=O)Nc1sc2c(F)cnc(-c3c4c(c5cnc(N6CCCC6)nc5c3F)COC4)c2c1C#N.CN(C)CCO. The molecule has 1 aromatic carbocycles. The molecule has 1 fully saturated rings. The highest BCUT2D eigenvalue weighted by Gasteiger charge is 2.31. The number of nitriles is 1. The number of aliphatic hydroxyl groups excluding tert-OH is 1. The van der Waals surface area contributed by atoms with Gasteiger partial charge in [-0.15, -0.1) is 11.3 Å². The standard InChI is InChI=1S/C27H24F2N6O3S.C4H11NO/c1-27(2,3)38-26(36)34-24-13(8-30)19-22(31-10-17(28)23(19)39-24)18-16-12-37-11-15(16)14-9-32-25(33-21(14)20(18)29)35-6-4-5-7-35;1-5(2)3-4-6/h9-10H,4-7,11-12H2,1-3H3,(H,34,36);6H,3-4H2,1-2H3. The number of hydrogen-bond acceptors (Lipinski definition) is 11. The molecule has 6 rings (SSSR count). The molecule has 1 saturated heterocycles. The Labute approximate surface area is 263 Å². The predicted molar refractivity (Wildman–Crippen MR) is 168 cm³/mol. The third-order valence-corrected chi connectivity index (χ3v) is 8.37. The van der Waals surface area contributed by atoms with Crippen molar-refractivity contribution in [3.63, 3.8) is 0 Å². The molecule has 0 aliphatic carbocycles. The monoisotopic (exact) mass is 639 g/mol. The Morgan fingerprint density at radius 1 is 1.20 bits per heavy atom. The van der Waals surface area contributed by atoms with Gasteiger partial charge in [0.2, 0.25) is 5.95 Å². The van der Waals surface area contributed by atoms with Crippen LogP contribution in [0.25, 0.3) is 32.2 Å². The highest BCUT2D eigenvalue weighted by Crippen LogP contribution is 2.45. The molecule has 2 aliphatic rings. The van der Waals surface area contributed by atoms with Crippen molar-refractivity contribution in [2.45, 2.75) is 52.4 Å². The summed E-state index contributed by atoms with van der Waals surface area (Å²) in [7, 11) is 3.85. The van der Waals surface area contributed by atoms with Gasteiger partial charge in [-0.3, -0.25) is 10.3 Å². The molecule has 4 aromatic rings. The molecule has 0 radical (unpaired) electrons. The number of ether oxygens (including phenoxy) is 2. The first kappa shape index (κ1) is 32.4. The van der Waals surface area contributed by atoms with Gasteiger partial charge in [0.1, 0.15) is 22.2 Å². The second-order valence-corrected chi connectivity index (χ2v) is 13.0. The number of amides is 1. The van der Waals surface area contributed by atoms with Crippen LogP contribution in [0.1, 0.15) is 50.3 Å². The number of likely N-dealkylation sites (N-methyl/N-ethyl adjacent to an activating group) is 1. The molecule has 3 aromatic heterocycles. The fraction of sp³-hybridized carbons (Fsp3) is 0.452. The highest BCUT2D eigenvalue weighted by molar-refractivity contribution is 7.23.